The molecule has 1 aromatic rings. The van der Waals surface area contributed by atoms with Gasteiger partial charge in [-0.15, -0.1) is 5.10 Å². The summed E-state index contributed by atoms with van der Waals surface area (Å²) >= 11 is 0. The van der Waals surface area contributed by atoms with Gasteiger partial charge in [-0.1, -0.05) is 26.2 Å². The van der Waals surface area contributed by atoms with Gasteiger partial charge in [0.05, 0.1) is 13.0 Å². The van der Waals surface area contributed by atoms with E-state index in [9.17, 15) is 9.90 Å². The van der Waals surface area contributed by atoms with Crippen LogP contribution in [0.5, 0.6) is 0 Å². The third kappa shape index (κ3) is 3.78. The first-order chi connectivity index (χ1) is 10.1. The Labute approximate surface area is 125 Å². The molecule has 7 nitrogen and oxygen atoms in total. The van der Waals surface area contributed by atoms with Crippen LogP contribution < -0.4 is 0 Å². The summed E-state index contributed by atoms with van der Waals surface area (Å²) in [4.78, 5) is 13.4. The summed E-state index contributed by atoms with van der Waals surface area (Å²) in [5.41, 5.74) is -0.257. The van der Waals surface area contributed by atoms with Crippen molar-refractivity contribution in [1.29, 1.82) is 0 Å². The molecular weight excluding hydrogens is 270 g/mol. The van der Waals surface area contributed by atoms with Gasteiger partial charge in [0, 0.05) is 12.1 Å². The fraction of sp³-hybridized carbons (Fsp3) is 0.857. The number of nitrogens with zero attached hydrogens (tertiary/aromatic N) is 5. The molecule has 0 atom stereocenters. The lowest BCUT2D eigenvalue weighted by Gasteiger charge is -2.43. The third-order valence-electron chi connectivity index (χ3n) is 4.49. The molecule has 0 amide bonds. The van der Waals surface area contributed by atoms with Gasteiger partial charge in [0.15, 0.2) is 5.82 Å². The van der Waals surface area contributed by atoms with Crippen LogP contribution in [-0.2, 0) is 17.9 Å². The summed E-state index contributed by atoms with van der Waals surface area (Å²) in [5.74, 6) is 0.0894. The standard InChI is InChI=1S/C14H25N5O2/c1-3-9-19-12(15-16-17-19)11-18(2)14(10-13(20)21)7-5-4-6-8-14/h3-11H2,1-2H3,(H,20,21). The second-order valence-corrected chi connectivity index (χ2v) is 6.03. The molecule has 1 fully saturated rings. The number of hydrogen-bond acceptors (Lipinski definition) is 5. The van der Waals surface area contributed by atoms with Gasteiger partial charge in [0.2, 0.25) is 0 Å². The Morgan fingerprint density at radius 1 is 1.38 bits per heavy atom. The van der Waals surface area contributed by atoms with Gasteiger partial charge in [-0.3, -0.25) is 9.69 Å². The summed E-state index contributed by atoms with van der Waals surface area (Å²) in [6.07, 6.45) is 6.43. The van der Waals surface area contributed by atoms with E-state index in [1.54, 1.807) is 0 Å². The average molecular weight is 295 g/mol. The normalized spacial score (nSPS) is 18.0. The molecule has 0 aliphatic heterocycles. The second kappa shape index (κ2) is 6.98. The fourth-order valence-electron chi connectivity index (χ4n) is 3.29. The first-order valence-electron chi connectivity index (χ1n) is 7.75. The molecule has 1 saturated carbocycles. The molecule has 0 spiro atoms. The maximum Gasteiger partial charge on any atom is 0.305 e. The van der Waals surface area contributed by atoms with Gasteiger partial charge in [-0.25, -0.2) is 4.68 Å². The Morgan fingerprint density at radius 2 is 2.10 bits per heavy atom. The monoisotopic (exact) mass is 295 g/mol. The maximum absolute atomic E-state index is 11.3. The van der Waals surface area contributed by atoms with E-state index in [1.165, 1.54) is 6.42 Å². The topological polar surface area (TPSA) is 84.1 Å². The highest BCUT2D eigenvalue weighted by atomic mass is 16.4. The van der Waals surface area contributed by atoms with Crippen molar-refractivity contribution >= 4 is 5.97 Å². The lowest BCUT2D eigenvalue weighted by Crippen LogP contribution is -2.49. The molecule has 1 heterocycles. The van der Waals surface area contributed by atoms with Crippen molar-refractivity contribution in [3.05, 3.63) is 5.82 Å². The second-order valence-electron chi connectivity index (χ2n) is 6.03. The summed E-state index contributed by atoms with van der Waals surface area (Å²) in [7, 11) is 2.00. The van der Waals surface area contributed by atoms with Crippen molar-refractivity contribution in [3.63, 3.8) is 0 Å². The highest BCUT2D eigenvalue weighted by molar-refractivity contribution is 5.68. The fourth-order valence-corrected chi connectivity index (χ4v) is 3.29. The molecular formula is C14H25N5O2. The molecule has 0 bridgehead atoms. The van der Waals surface area contributed by atoms with Crippen molar-refractivity contribution in [2.75, 3.05) is 7.05 Å². The van der Waals surface area contributed by atoms with E-state index < -0.39 is 5.97 Å². The number of aliphatic carboxylic acids is 1. The van der Waals surface area contributed by atoms with Gasteiger partial charge >= 0.3 is 5.97 Å². The minimum atomic E-state index is -0.725. The Hall–Kier alpha value is -1.50. The molecule has 2 rings (SSSR count). The van der Waals surface area contributed by atoms with E-state index in [4.69, 9.17) is 0 Å². The lowest BCUT2D eigenvalue weighted by molar-refractivity contribution is -0.141. The molecule has 21 heavy (non-hydrogen) atoms. The third-order valence-corrected chi connectivity index (χ3v) is 4.49. The predicted molar refractivity (Wildman–Crippen MR) is 77.6 cm³/mol. The van der Waals surface area contributed by atoms with Crippen LogP contribution in [0.3, 0.4) is 0 Å². The van der Waals surface area contributed by atoms with Crippen molar-refractivity contribution in [2.45, 2.75) is 70.5 Å². The molecule has 1 aliphatic rings. The zero-order valence-corrected chi connectivity index (χ0v) is 13.0. The van der Waals surface area contributed by atoms with E-state index in [2.05, 4.69) is 27.3 Å². The van der Waals surface area contributed by atoms with Gasteiger partial charge in [0.1, 0.15) is 0 Å². The largest absolute Gasteiger partial charge is 0.481 e. The summed E-state index contributed by atoms with van der Waals surface area (Å²) in [6, 6.07) is 0. The van der Waals surface area contributed by atoms with Crippen LogP contribution in [0.15, 0.2) is 0 Å². The van der Waals surface area contributed by atoms with Crippen molar-refractivity contribution in [3.8, 4) is 0 Å². The Balaban J connectivity index is 2.12. The number of carboxylic acid groups (broad SMARTS) is 1. The zero-order valence-electron chi connectivity index (χ0n) is 13.0. The number of carboxylic acids is 1. The molecule has 1 aromatic heterocycles. The Kier molecular flexibility index (Phi) is 5.27. The van der Waals surface area contributed by atoms with Gasteiger partial charge < -0.3 is 5.11 Å². The number of rotatable bonds is 7. The van der Waals surface area contributed by atoms with E-state index in [0.717, 1.165) is 44.5 Å². The lowest BCUT2D eigenvalue weighted by atomic mass is 9.78. The van der Waals surface area contributed by atoms with Crippen LogP contribution >= 0.6 is 0 Å². The average Bonchev–Trinajstić information content (AvgIpc) is 2.87. The SMILES string of the molecule is CCCn1nnnc1CN(C)C1(CC(=O)O)CCCCC1. The number of tetrazole rings is 1. The van der Waals surface area contributed by atoms with Crippen LogP contribution in [0.25, 0.3) is 0 Å². The highest BCUT2D eigenvalue weighted by Gasteiger charge is 2.38. The molecule has 118 valence electrons. The smallest absolute Gasteiger partial charge is 0.305 e. The van der Waals surface area contributed by atoms with Gasteiger partial charge in [-0.05, 0) is 36.7 Å². The molecule has 0 aromatic carbocycles. The zero-order chi connectivity index (χ0) is 15.3. The van der Waals surface area contributed by atoms with Crippen LogP contribution in [0.1, 0.15) is 57.7 Å². The molecule has 0 unspecified atom stereocenters. The van der Waals surface area contributed by atoms with Crippen molar-refractivity contribution in [1.82, 2.24) is 25.1 Å². The number of aromatic nitrogens is 4. The minimum Gasteiger partial charge on any atom is -0.481 e. The van der Waals surface area contributed by atoms with E-state index in [-0.39, 0.29) is 12.0 Å². The summed E-state index contributed by atoms with van der Waals surface area (Å²) in [6.45, 7) is 3.48. The van der Waals surface area contributed by atoms with E-state index in [0.29, 0.717) is 6.54 Å². The van der Waals surface area contributed by atoms with Crippen LogP contribution in [0.2, 0.25) is 0 Å². The van der Waals surface area contributed by atoms with Gasteiger partial charge in [0.25, 0.3) is 0 Å². The quantitative estimate of drug-likeness (QED) is 0.824. The molecule has 0 saturated heterocycles. The van der Waals surface area contributed by atoms with Crippen molar-refractivity contribution < 1.29 is 9.90 Å². The van der Waals surface area contributed by atoms with E-state index >= 15 is 0 Å². The van der Waals surface area contributed by atoms with Crippen molar-refractivity contribution in [2.24, 2.45) is 0 Å². The van der Waals surface area contributed by atoms with Crippen LogP contribution in [-0.4, -0.2) is 48.8 Å². The summed E-state index contributed by atoms with van der Waals surface area (Å²) in [5, 5.41) is 21.1. The molecule has 7 heteroatoms. The van der Waals surface area contributed by atoms with Crippen LogP contribution in [0.4, 0.5) is 0 Å². The first-order valence-corrected chi connectivity index (χ1v) is 7.75. The molecule has 0 radical (unpaired) electrons. The predicted octanol–water partition coefficient (Wildman–Crippen LogP) is 1.69. The number of aryl methyl sites for hydroxylation is 1. The first kappa shape index (κ1) is 15.9. The minimum absolute atomic E-state index is 0.193. The van der Waals surface area contributed by atoms with E-state index in [1.807, 2.05) is 11.7 Å². The molecule has 1 N–H and O–H groups in total. The van der Waals surface area contributed by atoms with Gasteiger partial charge in [-0.2, -0.15) is 0 Å². The summed E-state index contributed by atoms with van der Waals surface area (Å²) < 4.78 is 1.81. The number of carbonyl (C=O) groups is 1. The number of hydrogen-bond donors (Lipinski definition) is 1. The molecule has 1 aliphatic carbocycles. The van der Waals surface area contributed by atoms with Crippen LogP contribution in [0, 0.1) is 0 Å². The maximum atomic E-state index is 11.3. The Bertz CT molecular complexity index is 468. The highest BCUT2D eigenvalue weighted by Crippen LogP contribution is 2.36. The Morgan fingerprint density at radius 3 is 2.71 bits per heavy atom.